The van der Waals surface area contributed by atoms with Gasteiger partial charge in [0.2, 0.25) is 6.10 Å². The van der Waals surface area contributed by atoms with Crippen LogP contribution < -0.4 is 0 Å². The summed E-state index contributed by atoms with van der Waals surface area (Å²) in [6, 6.07) is 0. The molecule has 0 unspecified atom stereocenters. The van der Waals surface area contributed by atoms with Gasteiger partial charge in [0.1, 0.15) is 5.76 Å². The van der Waals surface area contributed by atoms with Crippen LogP contribution >= 0.6 is 0 Å². The summed E-state index contributed by atoms with van der Waals surface area (Å²) >= 11 is 0. The van der Waals surface area contributed by atoms with Crippen molar-refractivity contribution in [2.75, 3.05) is 0 Å². The van der Waals surface area contributed by atoms with Gasteiger partial charge in [-0.1, -0.05) is 11.8 Å². The summed E-state index contributed by atoms with van der Waals surface area (Å²) in [6.45, 7) is 3.05. The first-order valence-electron chi connectivity index (χ1n) is 5.69. The topological polar surface area (TPSA) is 44.8 Å². The molecule has 0 radical (unpaired) electrons. The van der Waals surface area contributed by atoms with E-state index in [-0.39, 0.29) is 0 Å². The lowest BCUT2D eigenvalue weighted by atomic mass is 10.1. The molecule has 0 aromatic carbocycles. The van der Waals surface area contributed by atoms with Crippen molar-refractivity contribution in [1.82, 2.24) is 0 Å². The Balaban J connectivity index is 2.09. The molecule has 4 nitrogen and oxygen atoms in total. The average Bonchev–Trinajstić information content (AvgIpc) is 2.94. The third-order valence-corrected chi connectivity index (χ3v) is 2.43. The molecular formula is C15H12O4. The molecule has 0 aliphatic carbocycles. The second-order valence-electron chi connectivity index (χ2n) is 3.82. The Morgan fingerprint density at radius 2 is 2.37 bits per heavy atom. The van der Waals surface area contributed by atoms with Gasteiger partial charge in [0.05, 0.1) is 6.26 Å². The predicted octanol–water partition coefficient (Wildman–Crippen LogP) is 1.66. The molecule has 0 N–H and O–H groups in total. The Morgan fingerprint density at radius 3 is 3.11 bits per heavy atom. The minimum atomic E-state index is -1.10. The molecule has 0 bridgehead atoms. The van der Waals surface area contributed by atoms with E-state index in [4.69, 9.17) is 14.2 Å². The van der Waals surface area contributed by atoms with E-state index in [1.807, 2.05) is 0 Å². The van der Waals surface area contributed by atoms with Crippen LogP contribution in [-0.4, -0.2) is 17.9 Å². The van der Waals surface area contributed by atoms with E-state index < -0.39 is 17.9 Å². The Kier molecular flexibility index (Phi) is 3.63. The maximum atomic E-state index is 11.0. The zero-order valence-electron chi connectivity index (χ0n) is 10.6. The van der Waals surface area contributed by atoms with Crippen LogP contribution in [0.25, 0.3) is 0 Å². The second kappa shape index (κ2) is 5.37. The Hall–Kier alpha value is -2.59. The second-order valence-corrected chi connectivity index (χ2v) is 3.82. The van der Waals surface area contributed by atoms with Gasteiger partial charge in [-0.15, -0.1) is 0 Å². The van der Waals surface area contributed by atoms with Crippen LogP contribution in [0, 0.1) is 23.7 Å². The van der Waals surface area contributed by atoms with Crippen LogP contribution in [0.3, 0.4) is 0 Å². The molecule has 2 aliphatic heterocycles. The smallest absolute Gasteiger partial charge is 0.312 e. The summed E-state index contributed by atoms with van der Waals surface area (Å²) in [6.07, 6.45) is 7.48. The van der Waals surface area contributed by atoms with Gasteiger partial charge in [-0.2, -0.15) is 0 Å². The van der Waals surface area contributed by atoms with Gasteiger partial charge in [0, 0.05) is 19.1 Å². The van der Waals surface area contributed by atoms with Gasteiger partial charge in [-0.05, 0) is 30.9 Å². The van der Waals surface area contributed by atoms with Crippen LogP contribution in [0.2, 0.25) is 0 Å². The van der Waals surface area contributed by atoms with Gasteiger partial charge < -0.3 is 14.2 Å². The van der Waals surface area contributed by atoms with E-state index >= 15 is 0 Å². The van der Waals surface area contributed by atoms with Gasteiger partial charge in [-0.25, -0.2) is 0 Å². The largest absolute Gasteiger partial charge is 0.453 e. The normalized spacial score (nSPS) is 28.1. The summed E-state index contributed by atoms with van der Waals surface area (Å²) in [7, 11) is 0. The molecule has 0 saturated carbocycles. The standard InChI is InChI=1S/C15H12O4/c1-3-4-5-6-7-13-8-10-15(19-13)14(9-11-17-15)18-12(2)16/h7-11,14H,1-2H3/b13-7+/t14-,15+/m0/s1. The van der Waals surface area contributed by atoms with E-state index in [2.05, 4.69) is 23.7 Å². The molecule has 0 fully saturated rings. The Labute approximate surface area is 111 Å². The lowest BCUT2D eigenvalue weighted by Crippen LogP contribution is -2.40. The van der Waals surface area contributed by atoms with E-state index in [1.165, 1.54) is 13.2 Å². The Morgan fingerprint density at radius 1 is 1.53 bits per heavy atom. The van der Waals surface area contributed by atoms with E-state index in [0.717, 1.165) is 0 Å². The van der Waals surface area contributed by atoms with Gasteiger partial charge in [-0.3, -0.25) is 4.79 Å². The first kappa shape index (κ1) is 12.9. The van der Waals surface area contributed by atoms with Crippen LogP contribution in [0.5, 0.6) is 0 Å². The lowest BCUT2D eigenvalue weighted by Gasteiger charge is -2.27. The van der Waals surface area contributed by atoms with Gasteiger partial charge in [0.15, 0.2) is 0 Å². The van der Waals surface area contributed by atoms with Crippen LogP contribution in [0.15, 0.2) is 36.3 Å². The fourth-order valence-electron chi connectivity index (χ4n) is 1.67. The highest BCUT2D eigenvalue weighted by Crippen LogP contribution is 2.36. The number of hydrogen-bond acceptors (Lipinski definition) is 4. The molecular weight excluding hydrogens is 244 g/mol. The van der Waals surface area contributed by atoms with Crippen molar-refractivity contribution in [2.24, 2.45) is 0 Å². The maximum absolute atomic E-state index is 11.0. The molecule has 2 atom stereocenters. The summed E-state index contributed by atoms with van der Waals surface area (Å²) < 4.78 is 16.2. The molecule has 2 heterocycles. The quantitative estimate of drug-likeness (QED) is 0.528. The monoisotopic (exact) mass is 256 g/mol. The Bertz CT molecular complexity index is 589. The maximum Gasteiger partial charge on any atom is 0.312 e. The molecule has 1 spiro atoms. The third kappa shape index (κ3) is 2.81. The zero-order valence-corrected chi connectivity index (χ0v) is 10.6. The zero-order chi connectivity index (χ0) is 13.7. The van der Waals surface area contributed by atoms with Crippen LogP contribution in [0.1, 0.15) is 13.8 Å². The van der Waals surface area contributed by atoms with Gasteiger partial charge >= 0.3 is 11.8 Å². The summed E-state index contributed by atoms with van der Waals surface area (Å²) in [5, 5.41) is 0. The fourth-order valence-corrected chi connectivity index (χ4v) is 1.67. The molecule has 2 rings (SSSR count). The van der Waals surface area contributed by atoms with Crippen molar-refractivity contribution >= 4 is 5.97 Å². The van der Waals surface area contributed by atoms with Gasteiger partial charge in [0.25, 0.3) is 0 Å². The molecule has 0 aromatic rings. The molecule has 2 aliphatic rings. The van der Waals surface area contributed by atoms with Crippen molar-refractivity contribution in [2.45, 2.75) is 25.7 Å². The molecule has 19 heavy (non-hydrogen) atoms. The van der Waals surface area contributed by atoms with Crippen molar-refractivity contribution in [3.05, 3.63) is 36.3 Å². The first-order valence-corrected chi connectivity index (χ1v) is 5.69. The highest BCUT2D eigenvalue weighted by molar-refractivity contribution is 5.66. The lowest BCUT2D eigenvalue weighted by molar-refractivity contribution is -0.189. The van der Waals surface area contributed by atoms with Crippen molar-refractivity contribution in [3.63, 3.8) is 0 Å². The first-order chi connectivity index (χ1) is 9.16. The highest BCUT2D eigenvalue weighted by atomic mass is 16.7. The van der Waals surface area contributed by atoms with Crippen molar-refractivity contribution in [1.29, 1.82) is 0 Å². The minimum Gasteiger partial charge on any atom is -0.453 e. The summed E-state index contributed by atoms with van der Waals surface area (Å²) in [5.74, 6) is 9.71. The number of ether oxygens (including phenoxy) is 3. The van der Waals surface area contributed by atoms with Crippen molar-refractivity contribution < 1.29 is 19.0 Å². The van der Waals surface area contributed by atoms with E-state index in [9.17, 15) is 4.79 Å². The number of rotatable bonds is 1. The van der Waals surface area contributed by atoms with E-state index in [1.54, 1.807) is 31.2 Å². The molecule has 96 valence electrons. The summed E-state index contributed by atoms with van der Waals surface area (Å²) in [5.41, 5.74) is 0. The molecule has 0 amide bonds. The number of carbonyl (C=O) groups excluding carboxylic acids is 1. The summed E-state index contributed by atoms with van der Waals surface area (Å²) in [4.78, 5) is 11.0. The fraction of sp³-hybridized carbons (Fsp3) is 0.267. The number of carbonyl (C=O) groups is 1. The molecule has 0 aromatic heterocycles. The average molecular weight is 256 g/mol. The van der Waals surface area contributed by atoms with Crippen molar-refractivity contribution in [3.8, 4) is 23.7 Å². The SMILES string of the molecule is CC#CC#C/C=C1\C=C[C@@]2(OC=C[C@@H]2OC(C)=O)O1. The third-order valence-electron chi connectivity index (χ3n) is 2.43. The van der Waals surface area contributed by atoms with E-state index in [0.29, 0.717) is 5.76 Å². The minimum absolute atomic E-state index is 0.396. The number of esters is 1. The van der Waals surface area contributed by atoms with Crippen LogP contribution in [-0.2, 0) is 19.0 Å². The molecule has 4 heteroatoms. The molecule has 0 saturated heterocycles. The predicted molar refractivity (Wildman–Crippen MR) is 68.0 cm³/mol. The number of allylic oxidation sites excluding steroid dienone is 2. The number of hydrogen-bond donors (Lipinski definition) is 0. The van der Waals surface area contributed by atoms with Crippen LogP contribution in [0.4, 0.5) is 0 Å². The highest BCUT2D eigenvalue weighted by Gasteiger charge is 2.48.